The number of hydrogen-bond donors (Lipinski definition) is 1. The predicted molar refractivity (Wildman–Crippen MR) is 65.9 cm³/mol. The number of rotatable bonds is 4. The predicted octanol–water partition coefficient (Wildman–Crippen LogP) is 0.797. The lowest BCUT2D eigenvalue weighted by atomic mass is 10.1. The van der Waals surface area contributed by atoms with Gasteiger partial charge in [-0.25, -0.2) is 0 Å². The van der Waals surface area contributed by atoms with Gasteiger partial charge in [-0.3, -0.25) is 4.79 Å². The summed E-state index contributed by atoms with van der Waals surface area (Å²) in [6, 6.07) is 7.76. The van der Waals surface area contributed by atoms with Gasteiger partial charge in [-0.2, -0.15) is 0 Å². The van der Waals surface area contributed by atoms with Gasteiger partial charge in [0.1, 0.15) is 5.75 Å². The number of likely N-dealkylation sites (N-methyl/N-ethyl adjacent to an activating group) is 1. The van der Waals surface area contributed by atoms with Crippen molar-refractivity contribution in [1.29, 1.82) is 0 Å². The molecule has 92 valence electrons. The average molecular weight is 234 g/mol. The second-order valence-corrected chi connectivity index (χ2v) is 4.30. The van der Waals surface area contributed by atoms with Gasteiger partial charge in [-0.15, -0.1) is 0 Å². The van der Waals surface area contributed by atoms with Crippen molar-refractivity contribution in [1.82, 2.24) is 4.90 Å². The Labute approximate surface area is 101 Å². The number of carbonyl (C=O) groups is 1. The number of nitrogens with two attached hydrogens (primary N) is 1. The van der Waals surface area contributed by atoms with Gasteiger partial charge >= 0.3 is 0 Å². The fraction of sp³-hybridized carbons (Fsp3) is 0.462. The van der Waals surface area contributed by atoms with Gasteiger partial charge < -0.3 is 15.4 Å². The lowest BCUT2D eigenvalue weighted by Crippen LogP contribution is -2.29. The molecular formula is C13H18N2O2. The van der Waals surface area contributed by atoms with Gasteiger partial charge in [0.15, 0.2) is 6.10 Å². The Balaban J connectivity index is 2.10. The molecule has 17 heavy (non-hydrogen) atoms. The second kappa shape index (κ2) is 5.19. The molecule has 1 heterocycles. The normalized spacial score (nSPS) is 19.8. The third kappa shape index (κ3) is 2.58. The van der Waals surface area contributed by atoms with E-state index in [0.717, 1.165) is 30.7 Å². The zero-order chi connectivity index (χ0) is 12.3. The topological polar surface area (TPSA) is 55.6 Å². The third-order valence-electron chi connectivity index (χ3n) is 3.03. The summed E-state index contributed by atoms with van der Waals surface area (Å²) in [5, 5.41) is 0. The zero-order valence-electron chi connectivity index (χ0n) is 10.1. The van der Waals surface area contributed by atoms with Crippen LogP contribution in [0, 0.1) is 0 Å². The molecule has 1 amide bonds. The molecule has 4 nitrogen and oxygen atoms in total. The minimum atomic E-state index is -0.334. The number of carbonyl (C=O) groups excluding carboxylic acids is 1. The number of likely N-dealkylation sites (tertiary alicyclic amines) is 1. The number of ether oxygens (including phenoxy) is 1. The van der Waals surface area contributed by atoms with E-state index < -0.39 is 0 Å². The summed E-state index contributed by atoms with van der Waals surface area (Å²) in [6.07, 6.45) is 1.19. The highest BCUT2D eigenvalue weighted by Crippen LogP contribution is 2.23. The van der Waals surface area contributed by atoms with Crippen LogP contribution in [-0.4, -0.2) is 37.0 Å². The van der Waals surface area contributed by atoms with Crippen LogP contribution in [0.15, 0.2) is 24.3 Å². The number of amides is 1. The van der Waals surface area contributed by atoms with Crippen LogP contribution in [0.3, 0.4) is 0 Å². The van der Waals surface area contributed by atoms with Crippen molar-refractivity contribution in [2.24, 2.45) is 5.73 Å². The number of hydrogen-bond acceptors (Lipinski definition) is 3. The Morgan fingerprint density at radius 2 is 2.24 bits per heavy atom. The SMILES string of the molecule is CN1CCC(Oc2ccccc2CCN)C1=O. The van der Waals surface area contributed by atoms with E-state index in [0.29, 0.717) is 6.54 Å². The molecule has 2 N–H and O–H groups in total. The standard InChI is InChI=1S/C13H18N2O2/c1-15-9-7-12(13(15)16)17-11-5-3-2-4-10(11)6-8-14/h2-5,12H,6-9,14H2,1H3. The minimum absolute atomic E-state index is 0.0625. The van der Waals surface area contributed by atoms with Crippen LogP contribution in [-0.2, 0) is 11.2 Å². The van der Waals surface area contributed by atoms with Gasteiger partial charge in [0.2, 0.25) is 0 Å². The van der Waals surface area contributed by atoms with Crippen LogP contribution in [0.2, 0.25) is 0 Å². The second-order valence-electron chi connectivity index (χ2n) is 4.30. The zero-order valence-corrected chi connectivity index (χ0v) is 10.1. The monoisotopic (exact) mass is 234 g/mol. The molecule has 0 aliphatic carbocycles. The molecular weight excluding hydrogens is 216 g/mol. The Kier molecular flexibility index (Phi) is 3.64. The number of para-hydroxylation sites is 1. The molecule has 1 aromatic carbocycles. The van der Waals surface area contributed by atoms with Crippen molar-refractivity contribution in [2.75, 3.05) is 20.1 Å². The molecule has 0 spiro atoms. The fourth-order valence-corrected chi connectivity index (χ4v) is 2.03. The summed E-state index contributed by atoms with van der Waals surface area (Å²) < 4.78 is 5.79. The Bertz CT molecular complexity index is 406. The molecule has 1 atom stereocenters. The molecule has 4 heteroatoms. The van der Waals surface area contributed by atoms with E-state index in [9.17, 15) is 4.79 Å². The Morgan fingerprint density at radius 3 is 2.88 bits per heavy atom. The summed E-state index contributed by atoms with van der Waals surface area (Å²) in [4.78, 5) is 13.5. The number of nitrogens with zero attached hydrogens (tertiary/aromatic N) is 1. The maximum atomic E-state index is 11.8. The minimum Gasteiger partial charge on any atom is -0.480 e. The molecule has 0 aromatic heterocycles. The largest absolute Gasteiger partial charge is 0.480 e. The average Bonchev–Trinajstić information content (AvgIpc) is 2.64. The summed E-state index contributed by atoms with van der Waals surface area (Å²) >= 11 is 0. The van der Waals surface area contributed by atoms with Crippen LogP contribution in [0.5, 0.6) is 5.75 Å². The van der Waals surface area contributed by atoms with Crippen molar-refractivity contribution < 1.29 is 9.53 Å². The van der Waals surface area contributed by atoms with E-state index in [4.69, 9.17) is 10.5 Å². The summed E-state index contributed by atoms with van der Waals surface area (Å²) in [5.74, 6) is 0.846. The lowest BCUT2D eigenvalue weighted by Gasteiger charge is -2.15. The molecule has 0 saturated carbocycles. The number of benzene rings is 1. The molecule has 1 aromatic rings. The molecule has 1 saturated heterocycles. The van der Waals surface area contributed by atoms with Crippen molar-refractivity contribution in [3.05, 3.63) is 29.8 Å². The summed E-state index contributed by atoms with van der Waals surface area (Å²) in [5.41, 5.74) is 6.62. The van der Waals surface area contributed by atoms with Crippen LogP contribution in [0.1, 0.15) is 12.0 Å². The first-order valence-corrected chi connectivity index (χ1v) is 5.92. The molecule has 1 aliphatic heterocycles. The highest BCUT2D eigenvalue weighted by atomic mass is 16.5. The summed E-state index contributed by atoms with van der Waals surface area (Å²) in [6.45, 7) is 1.35. The van der Waals surface area contributed by atoms with E-state index in [1.165, 1.54) is 0 Å². The first-order valence-electron chi connectivity index (χ1n) is 5.92. The fourth-order valence-electron chi connectivity index (χ4n) is 2.03. The van der Waals surface area contributed by atoms with Crippen LogP contribution in [0.25, 0.3) is 0 Å². The molecule has 2 rings (SSSR count). The molecule has 1 unspecified atom stereocenters. The lowest BCUT2D eigenvalue weighted by molar-refractivity contribution is -0.132. The Hall–Kier alpha value is -1.55. The Morgan fingerprint density at radius 1 is 1.47 bits per heavy atom. The third-order valence-corrected chi connectivity index (χ3v) is 3.03. The van der Waals surface area contributed by atoms with E-state index in [1.54, 1.807) is 11.9 Å². The molecule has 0 bridgehead atoms. The van der Waals surface area contributed by atoms with Gasteiger partial charge in [0, 0.05) is 20.0 Å². The van der Waals surface area contributed by atoms with E-state index in [1.807, 2.05) is 24.3 Å². The molecule has 1 fully saturated rings. The smallest absolute Gasteiger partial charge is 0.263 e. The van der Waals surface area contributed by atoms with Crippen LogP contribution >= 0.6 is 0 Å². The maximum Gasteiger partial charge on any atom is 0.263 e. The van der Waals surface area contributed by atoms with Crippen molar-refractivity contribution in [3.63, 3.8) is 0 Å². The van der Waals surface area contributed by atoms with E-state index >= 15 is 0 Å². The highest BCUT2D eigenvalue weighted by molar-refractivity contribution is 5.83. The maximum absolute atomic E-state index is 11.8. The van der Waals surface area contributed by atoms with Gasteiger partial charge in [-0.1, -0.05) is 18.2 Å². The van der Waals surface area contributed by atoms with Gasteiger partial charge in [0.25, 0.3) is 5.91 Å². The van der Waals surface area contributed by atoms with Gasteiger partial charge in [-0.05, 0) is 24.6 Å². The quantitative estimate of drug-likeness (QED) is 0.838. The summed E-state index contributed by atoms with van der Waals surface area (Å²) in [7, 11) is 1.80. The van der Waals surface area contributed by atoms with Crippen molar-refractivity contribution in [2.45, 2.75) is 18.9 Å². The molecule has 1 aliphatic rings. The van der Waals surface area contributed by atoms with Crippen LogP contribution in [0.4, 0.5) is 0 Å². The van der Waals surface area contributed by atoms with Crippen molar-refractivity contribution >= 4 is 5.91 Å². The highest BCUT2D eigenvalue weighted by Gasteiger charge is 2.31. The first-order chi connectivity index (χ1) is 8.22. The molecule has 0 radical (unpaired) electrons. The van der Waals surface area contributed by atoms with Crippen LogP contribution < -0.4 is 10.5 Å². The van der Waals surface area contributed by atoms with E-state index in [2.05, 4.69) is 0 Å². The van der Waals surface area contributed by atoms with Crippen molar-refractivity contribution in [3.8, 4) is 5.75 Å². The van der Waals surface area contributed by atoms with E-state index in [-0.39, 0.29) is 12.0 Å². The van der Waals surface area contributed by atoms with Gasteiger partial charge in [0.05, 0.1) is 0 Å². The first kappa shape index (κ1) is 11.9.